The molecule has 0 aliphatic heterocycles. The number of allylic oxidation sites excluding steroid dienone is 2. The van der Waals surface area contributed by atoms with Gasteiger partial charge >= 0.3 is 0 Å². The molecule has 0 saturated heterocycles. The van der Waals surface area contributed by atoms with Crippen molar-refractivity contribution in [2.75, 3.05) is 0 Å². The van der Waals surface area contributed by atoms with Gasteiger partial charge in [0.15, 0.2) is 5.78 Å². The Balaban J connectivity index is 2.64. The molecule has 0 fully saturated rings. The molecule has 0 radical (unpaired) electrons. The van der Waals surface area contributed by atoms with Crippen LogP contribution in [0.3, 0.4) is 0 Å². The van der Waals surface area contributed by atoms with E-state index in [1.807, 2.05) is 0 Å². The van der Waals surface area contributed by atoms with Gasteiger partial charge in [-0.1, -0.05) is 0 Å². The molecule has 0 saturated carbocycles. The molecule has 7 heteroatoms. The van der Waals surface area contributed by atoms with Crippen molar-refractivity contribution in [3.8, 4) is 0 Å². The van der Waals surface area contributed by atoms with Gasteiger partial charge in [0.1, 0.15) is 0 Å². The van der Waals surface area contributed by atoms with E-state index in [1.54, 1.807) is 6.92 Å². The summed E-state index contributed by atoms with van der Waals surface area (Å²) >= 11 is 0. The van der Waals surface area contributed by atoms with Gasteiger partial charge in [-0.05, 0) is 26.0 Å². The maximum absolute atomic E-state index is 11.7. The van der Waals surface area contributed by atoms with Crippen molar-refractivity contribution in [2.24, 2.45) is 0 Å². The van der Waals surface area contributed by atoms with Crippen molar-refractivity contribution in [2.45, 2.75) is 13.8 Å². The highest BCUT2D eigenvalue weighted by Gasteiger charge is 2.08. The number of nitrogens with one attached hydrogen (secondary N) is 2. The molecule has 1 aromatic carbocycles. The van der Waals surface area contributed by atoms with Crippen LogP contribution in [0.4, 0.5) is 5.69 Å². The van der Waals surface area contributed by atoms with E-state index in [0.717, 1.165) is 0 Å². The number of amides is 1. The summed E-state index contributed by atoms with van der Waals surface area (Å²) in [5, 5.41) is 10.5. The van der Waals surface area contributed by atoms with Crippen molar-refractivity contribution in [3.63, 3.8) is 0 Å². The molecule has 0 spiro atoms. The molecule has 7 nitrogen and oxygen atoms in total. The van der Waals surface area contributed by atoms with Gasteiger partial charge in [0.05, 0.1) is 4.92 Å². The summed E-state index contributed by atoms with van der Waals surface area (Å²) in [6.07, 6.45) is 1.33. The van der Waals surface area contributed by atoms with E-state index in [9.17, 15) is 19.7 Å². The van der Waals surface area contributed by atoms with Crippen LogP contribution in [0.15, 0.2) is 36.0 Å². The van der Waals surface area contributed by atoms with Crippen molar-refractivity contribution in [1.29, 1.82) is 0 Å². The van der Waals surface area contributed by atoms with Crippen LogP contribution < -0.4 is 10.9 Å². The second-order valence-electron chi connectivity index (χ2n) is 3.82. The van der Waals surface area contributed by atoms with E-state index in [1.165, 1.54) is 37.3 Å². The lowest BCUT2D eigenvalue weighted by Gasteiger charge is -2.08. The Bertz CT molecular complexity index is 534. The van der Waals surface area contributed by atoms with E-state index in [4.69, 9.17) is 0 Å². The summed E-state index contributed by atoms with van der Waals surface area (Å²) in [4.78, 5) is 32.3. The fourth-order valence-electron chi connectivity index (χ4n) is 1.30. The standard InChI is InChI=1S/C12H13N3O4/c1-8(7-9(2)16)13-14-12(17)10-3-5-11(6-4-10)15(18)19/h3-7,13H,1-2H3,(H,14,17)/b8-7+. The van der Waals surface area contributed by atoms with E-state index in [2.05, 4.69) is 10.9 Å². The van der Waals surface area contributed by atoms with Gasteiger partial charge in [0.2, 0.25) is 0 Å². The minimum absolute atomic E-state index is 0.0860. The zero-order chi connectivity index (χ0) is 14.4. The molecule has 0 heterocycles. The van der Waals surface area contributed by atoms with Crippen LogP contribution in [-0.4, -0.2) is 16.6 Å². The van der Waals surface area contributed by atoms with Gasteiger partial charge in [-0.2, -0.15) is 0 Å². The van der Waals surface area contributed by atoms with E-state index in [0.29, 0.717) is 5.70 Å². The normalized spacial score (nSPS) is 10.7. The number of benzene rings is 1. The van der Waals surface area contributed by atoms with Gasteiger partial charge < -0.3 is 5.43 Å². The fraction of sp³-hybridized carbons (Fsp3) is 0.167. The summed E-state index contributed by atoms with van der Waals surface area (Å²) in [5.41, 5.74) is 5.60. The number of nitro benzene ring substituents is 1. The molecule has 1 rings (SSSR count). The first-order valence-corrected chi connectivity index (χ1v) is 5.40. The number of hydrazine groups is 1. The summed E-state index contributed by atoms with van der Waals surface area (Å²) in [6.45, 7) is 3.01. The Hall–Kier alpha value is -2.70. The van der Waals surface area contributed by atoms with Crippen LogP contribution in [0.5, 0.6) is 0 Å². The number of nitrogens with zero attached hydrogens (tertiary/aromatic N) is 1. The predicted molar refractivity (Wildman–Crippen MR) is 68.1 cm³/mol. The Morgan fingerprint density at radius 1 is 1.16 bits per heavy atom. The SMILES string of the molecule is CC(=O)/C=C(\C)NNC(=O)c1ccc([N+](=O)[O-])cc1. The number of non-ortho nitro benzene ring substituents is 1. The van der Waals surface area contributed by atoms with E-state index in [-0.39, 0.29) is 17.0 Å². The van der Waals surface area contributed by atoms with Crippen LogP contribution >= 0.6 is 0 Å². The second-order valence-corrected chi connectivity index (χ2v) is 3.82. The Morgan fingerprint density at radius 3 is 2.21 bits per heavy atom. The van der Waals surface area contributed by atoms with Gasteiger partial charge in [0, 0.05) is 29.5 Å². The molecule has 1 aromatic rings. The summed E-state index contributed by atoms with van der Waals surface area (Å²) < 4.78 is 0. The summed E-state index contributed by atoms with van der Waals surface area (Å²) in [5.74, 6) is -0.596. The van der Waals surface area contributed by atoms with Gasteiger partial charge in [0.25, 0.3) is 11.6 Å². The zero-order valence-electron chi connectivity index (χ0n) is 10.5. The highest BCUT2D eigenvalue weighted by molar-refractivity contribution is 5.94. The van der Waals surface area contributed by atoms with Crippen LogP contribution in [-0.2, 0) is 4.79 Å². The monoisotopic (exact) mass is 263 g/mol. The maximum Gasteiger partial charge on any atom is 0.269 e. The highest BCUT2D eigenvalue weighted by atomic mass is 16.6. The van der Waals surface area contributed by atoms with Crippen LogP contribution in [0, 0.1) is 10.1 Å². The van der Waals surface area contributed by atoms with Crippen molar-refractivity contribution < 1.29 is 14.5 Å². The Kier molecular flexibility index (Phi) is 4.76. The average Bonchev–Trinajstić information content (AvgIpc) is 2.35. The maximum atomic E-state index is 11.7. The molecule has 0 aliphatic carbocycles. The number of nitro groups is 1. The third-order valence-corrected chi connectivity index (χ3v) is 2.13. The molecule has 0 bridgehead atoms. The lowest BCUT2D eigenvalue weighted by molar-refractivity contribution is -0.384. The Labute approximate surface area is 109 Å². The largest absolute Gasteiger partial charge is 0.303 e. The lowest BCUT2D eigenvalue weighted by atomic mass is 10.2. The molecule has 2 N–H and O–H groups in total. The predicted octanol–water partition coefficient (Wildman–Crippen LogP) is 1.32. The highest BCUT2D eigenvalue weighted by Crippen LogP contribution is 2.11. The quantitative estimate of drug-likeness (QED) is 0.474. The number of hydrogen-bond acceptors (Lipinski definition) is 5. The number of rotatable bonds is 5. The third-order valence-electron chi connectivity index (χ3n) is 2.13. The van der Waals surface area contributed by atoms with Crippen LogP contribution in [0.25, 0.3) is 0 Å². The second kappa shape index (κ2) is 6.29. The van der Waals surface area contributed by atoms with Gasteiger partial charge in [-0.25, -0.2) is 0 Å². The third kappa shape index (κ3) is 4.58. The van der Waals surface area contributed by atoms with Crippen molar-refractivity contribution in [1.82, 2.24) is 10.9 Å². The molecule has 0 unspecified atom stereocenters. The van der Waals surface area contributed by atoms with Crippen LogP contribution in [0.1, 0.15) is 24.2 Å². The van der Waals surface area contributed by atoms with Gasteiger partial charge in [-0.3, -0.25) is 25.1 Å². The lowest BCUT2D eigenvalue weighted by Crippen LogP contribution is -2.36. The van der Waals surface area contributed by atoms with Crippen molar-refractivity contribution >= 4 is 17.4 Å². The zero-order valence-corrected chi connectivity index (χ0v) is 10.5. The molecule has 0 aliphatic rings. The Morgan fingerprint density at radius 2 is 1.74 bits per heavy atom. The number of hydrogen-bond donors (Lipinski definition) is 2. The summed E-state index contributed by atoms with van der Waals surface area (Å²) in [6, 6.07) is 5.18. The molecular weight excluding hydrogens is 250 g/mol. The molecule has 0 aromatic heterocycles. The summed E-state index contributed by atoms with van der Waals surface area (Å²) in [7, 11) is 0. The molecule has 0 atom stereocenters. The number of ketones is 1. The minimum Gasteiger partial charge on any atom is -0.303 e. The van der Waals surface area contributed by atoms with Gasteiger partial charge in [-0.15, -0.1) is 0 Å². The fourth-order valence-corrected chi connectivity index (χ4v) is 1.30. The first-order chi connectivity index (χ1) is 8.90. The topological polar surface area (TPSA) is 101 Å². The van der Waals surface area contributed by atoms with Crippen molar-refractivity contribution in [3.05, 3.63) is 51.7 Å². The molecule has 100 valence electrons. The first kappa shape index (κ1) is 14.4. The van der Waals surface area contributed by atoms with E-state index >= 15 is 0 Å². The average molecular weight is 263 g/mol. The minimum atomic E-state index is -0.542. The number of carbonyl (C=O) groups is 2. The van der Waals surface area contributed by atoms with Crippen LogP contribution in [0.2, 0.25) is 0 Å². The molecule has 19 heavy (non-hydrogen) atoms. The van der Waals surface area contributed by atoms with E-state index < -0.39 is 10.8 Å². The smallest absolute Gasteiger partial charge is 0.269 e. The molecular formula is C12H13N3O4. The first-order valence-electron chi connectivity index (χ1n) is 5.40. The number of carbonyl (C=O) groups excluding carboxylic acids is 2. The molecule has 1 amide bonds.